The van der Waals surface area contributed by atoms with Gasteiger partial charge in [-0.25, -0.2) is 4.98 Å². The first-order valence-corrected chi connectivity index (χ1v) is 8.56. The van der Waals surface area contributed by atoms with E-state index in [9.17, 15) is 4.79 Å². The molecule has 2 aromatic carbocycles. The molecule has 0 radical (unpaired) electrons. The largest absolute Gasteiger partial charge is 0.497 e. The van der Waals surface area contributed by atoms with Crippen molar-refractivity contribution in [1.82, 2.24) is 15.3 Å². The second-order valence-corrected chi connectivity index (χ2v) is 6.72. The number of rotatable bonds is 6. The third-order valence-corrected chi connectivity index (χ3v) is 4.62. The van der Waals surface area contributed by atoms with Gasteiger partial charge in [0, 0.05) is 12.6 Å². The number of nitrogens with one attached hydrogen (secondary N) is 2. The maximum absolute atomic E-state index is 12.2. The van der Waals surface area contributed by atoms with Crippen molar-refractivity contribution in [3.05, 3.63) is 54.1 Å². The van der Waals surface area contributed by atoms with Gasteiger partial charge in [-0.1, -0.05) is 42.1 Å². The molecule has 3 rings (SSSR count). The minimum atomic E-state index is -0.240. The Morgan fingerprint density at radius 1 is 1.29 bits per heavy atom. The Hall–Kier alpha value is -2.47. The molecule has 2 N–H and O–H groups in total. The topological polar surface area (TPSA) is 67.0 Å². The number of hydrogen-bond donors (Lipinski definition) is 2. The van der Waals surface area contributed by atoms with E-state index in [1.165, 1.54) is 11.8 Å². The summed E-state index contributed by atoms with van der Waals surface area (Å²) < 4.78 is 5.21. The first kappa shape index (κ1) is 16.4. The van der Waals surface area contributed by atoms with Crippen LogP contribution in [0.3, 0.4) is 0 Å². The van der Waals surface area contributed by atoms with E-state index in [1.807, 2.05) is 55.5 Å². The number of thioether (sulfide) groups is 1. The highest BCUT2D eigenvalue weighted by atomic mass is 32.2. The molecule has 3 aromatic rings. The monoisotopic (exact) mass is 341 g/mol. The molecule has 0 unspecified atom stereocenters. The Bertz CT molecular complexity index is 833. The summed E-state index contributed by atoms with van der Waals surface area (Å²) in [6.07, 6.45) is 0. The van der Waals surface area contributed by atoms with Crippen molar-refractivity contribution in [1.29, 1.82) is 0 Å². The van der Waals surface area contributed by atoms with Crippen molar-refractivity contribution in [3.63, 3.8) is 0 Å². The van der Waals surface area contributed by atoms with Gasteiger partial charge in [0.2, 0.25) is 5.91 Å². The maximum atomic E-state index is 12.2. The van der Waals surface area contributed by atoms with Gasteiger partial charge in [-0.05, 0) is 24.6 Å². The summed E-state index contributed by atoms with van der Waals surface area (Å²) in [6.45, 7) is 2.40. The van der Waals surface area contributed by atoms with E-state index < -0.39 is 0 Å². The van der Waals surface area contributed by atoms with E-state index in [0.717, 1.165) is 27.5 Å². The van der Waals surface area contributed by atoms with E-state index in [2.05, 4.69) is 15.3 Å². The second-order valence-electron chi connectivity index (χ2n) is 5.39. The molecule has 0 spiro atoms. The average Bonchev–Trinajstić information content (AvgIpc) is 3.01. The van der Waals surface area contributed by atoms with Crippen LogP contribution in [-0.2, 0) is 11.3 Å². The lowest BCUT2D eigenvalue weighted by atomic mass is 10.2. The number of benzene rings is 2. The summed E-state index contributed by atoms with van der Waals surface area (Å²) in [4.78, 5) is 20.0. The van der Waals surface area contributed by atoms with Gasteiger partial charge in [-0.2, -0.15) is 0 Å². The van der Waals surface area contributed by atoms with Gasteiger partial charge in [0.15, 0.2) is 5.16 Å². The number of methoxy groups -OCH3 is 1. The number of hydrogen-bond acceptors (Lipinski definition) is 4. The van der Waals surface area contributed by atoms with Crippen molar-refractivity contribution in [3.8, 4) is 5.75 Å². The molecule has 0 saturated carbocycles. The molecule has 0 fully saturated rings. The normalized spacial score (nSPS) is 12.1. The summed E-state index contributed by atoms with van der Waals surface area (Å²) in [5.74, 6) is 0.762. The van der Waals surface area contributed by atoms with Gasteiger partial charge in [-0.15, -0.1) is 0 Å². The minimum Gasteiger partial charge on any atom is -0.497 e. The Morgan fingerprint density at radius 3 is 2.83 bits per heavy atom. The smallest absolute Gasteiger partial charge is 0.233 e. The van der Waals surface area contributed by atoms with Crippen LogP contribution in [-0.4, -0.2) is 28.2 Å². The Labute approximate surface area is 144 Å². The highest BCUT2D eigenvalue weighted by Gasteiger charge is 2.16. The number of carbonyl (C=O) groups is 1. The van der Waals surface area contributed by atoms with E-state index in [4.69, 9.17) is 4.74 Å². The zero-order valence-corrected chi connectivity index (χ0v) is 14.4. The van der Waals surface area contributed by atoms with Gasteiger partial charge < -0.3 is 15.0 Å². The highest BCUT2D eigenvalue weighted by molar-refractivity contribution is 8.00. The lowest BCUT2D eigenvalue weighted by Gasteiger charge is -2.10. The fraction of sp³-hybridized carbons (Fsp3) is 0.222. The van der Waals surface area contributed by atoms with Gasteiger partial charge in [0.25, 0.3) is 0 Å². The first-order chi connectivity index (χ1) is 11.7. The molecule has 0 aliphatic carbocycles. The molecule has 0 aliphatic rings. The number of fused-ring (bicyclic) bond motifs is 1. The zero-order chi connectivity index (χ0) is 16.9. The van der Waals surface area contributed by atoms with Crippen molar-refractivity contribution >= 4 is 28.7 Å². The van der Waals surface area contributed by atoms with Gasteiger partial charge in [0.1, 0.15) is 5.75 Å². The van der Waals surface area contributed by atoms with Crippen molar-refractivity contribution in [2.24, 2.45) is 0 Å². The minimum absolute atomic E-state index is 0.0121. The first-order valence-electron chi connectivity index (χ1n) is 7.68. The number of ether oxygens (including phenoxy) is 1. The van der Waals surface area contributed by atoms with Crippen LogP contribution in [0.25, 0.3) is 11.0 Å². The molecule has 1 atom stereocenters. The summed E-state index contributed by atoms with van der Waals surface area (Å²) in [5.41, 5.74) is 2.84. The van der Waals surface area contributed by atoms with Crippen LogP contribution in [0.15, 0.2) is 53.7 Å². The molecule has 6 heteroatoms. The fourth-order valence-electron chi connectivity index (χ4n) is 2.30. The van der Waals surface area contributed by atoms with Crippen LogP contribution < -0.4 is 10.1 Å². The summed E-state index contributed by atoms with van der Waals surface area (Å²) in [6, 6.07) is 15.5. The molecule has 124 valence electrons. The van der Waals surface area contributed by atoms with Crippen molar-refractivity contribution < 1.29 is 9.53 Å². The molecule has 1 aromatic heterocycles. The lowest BCUT2D eigenvalue weighted by molar-refractivity contribution is -0.120. The molecule has 5 nitrogen and oxygen atoms in total. The van der Waals surface area contributed by atoms with Crippen molar-refractivity contribution in [2.75, 3.05) is 7.11 Å². The van der Waals surface area contributed by atoms with E-state index >= 15 is 0 Å². The lowest BCUT2D eigenvalue weighted by Crippen LogP contribution is -2.30. The van der Waals surface area contributed by atoms with Crippen LogP contribution >= 0.6 is 11.8 Å². The Morgan fingerprint density at radius 2 is 2.08 bits per heavy atom. The second kappa shape index (κ2) is 7.40. The number of amides is 1. The summed E-state index contributed by atoms with van der Waals surface area (Å²) in [5, 5.41) is 3.43. The summed E-state index contributed by atoms with van der Waals surface area (Å²) >= 11 is 1.41. The van der Waals surface area contributed by atoms with Crippen LogP contribution in [0.1, 0.15) is 12.5 Å². The number of nitrogens with zero attached hydrogens (tertiary/aromatic N) is 1. The predicted molar refractivity (Wildman–Crippen MR) is 96.3 cm³/mol. The Kier molecular flexibility index (Phi) is 5.05. The van der Waals surface area contributed by atoms with E-state index in [1.54, 1.807) is 7.11 Å². The van der Waals surface area contributed by atoms with Crippen molar-refractivity contribution in [2.45, 2.75) is 23.9 Å². The van der Waals surface area contributed by atoms with Gasteiger partial charge in [-0.3, -0.25) is 4.79 Å². The molecular formula is C18H19N3O2S. The molecule has 1 heterocycles. The van der Waals surface area contributed by atoms with Crippen LogP contribution in [0.4, 0.5) is 0 Å². The summed E-state index contributed by atoms with van der Waals surface area (Å²) in [7, 11) is 1.63. The molecule has 0 bridgehead atoms. The third kappa shape index (κ3) is 3.89. The molecule has 1 amide bonds. The number of aromatic amines is 1. The Balaban J connectivity index is 1.61. The number of H-pyrrole nitrogens is 1. The number of imidazole rings is 1. The number of aromatic nitrogens is 2. The molecular weight excluding hydrogens is 322 g/mol. The highest BCUT2D eigenvalue weighted by Crippen LogP contribution is 2.25. The van der Waals surface area contributed by atoms with E-state index in [0.29, 0.717) is 6.54 Å². The van der Waals surface area contributed by atoms with E-state index in [-0.39, 0.29) is 11.2 Å². The number of carbonyl (C=O) groups excluding carboxylic acids is 1. The molecule has 0 aliphatic heterocycles. The molecule has 0 saturated heterocycles. The van der Waals surface area contributed by atoms with Gasteiger partial charge >= 0.3 is 0 Å². The SMILES string of the molecule is COc1ccc2nc(S[C@H](C)C(=O)NCc3ccccc3)[nH]c2c1. The standard InChI is InChI=1S/C18H19N3O2S/c1-12(17(22)19-11-13-6-4-3-5-7-13)24-18-20-15-9-8-14(23-2)10-16(15)21-18/h3-10,12H,11H2,1-2H3,(H,19,22)(H,20,21)/t12-/m1/s1. The van der Waals surface area contributed by atoms with Crippen LogP contribution in [0.5, 0.6) is 5.75 Å². The maximum Gasteiger partial charge on any atom is 0.233 e. The fourth-order valence-corrected chi connectivity index (χ4v) is 3.14. The zero-order valence-electron chi connectivity index (χ0n) is 13.6. The van der Waals surface area contributed by atoms with Crippen LogP contribution in [0, 0.1) is 0 Å². The quantitative estimate of drug-likeness (QED) is 0.675. The molecule has 24 heavy (non-hydrogen) atoms. The van der Waals surface area contributed by atoms with Crippen LogP contribution in [0.2, 0.25) is 0 Å². The third-order valence-electron chi connectivity index (χ3n) is 3.63. The van der Waals surface area contributed by atoms with Gasteiger partial charge in [0.05, 0.1) is 23.4 Å². The average molecular weight is 341 g/mol. The predicted octanol–water partition coefficient (Wildman–Crippen LogP) is 3.37.